The van der Waals surface area contributed by atoms with Gasteiger partial charge in [-0.3, -0.25) is 0 Å². The second kappa shape index (κ2) is 4.46. The van der Waals surface area contributed by atoms with Crippen molar-refractivity contribution in [1.29, 1.82) is 0 Å². The number of phenols is 1. The van der Waals surface area contributed by atoms with Gasteiger partial charge in [-0.15, -0.1) is 0 Å². The van der Waals surface area contributed by atoms with Crippen LogP contribution in [-0.2, 0) is 5.41 Å². The predicted octanol–water partition coefficient (Wildman–Crippen LogP) is 2.67. The molecule has 88 valence electrons. The summed E-state index contributed by atoms with van der Waals surface area (Å²) in [5, 5.41) is 13.1. The molecule has 1 fully saturated rings. The van der Waals surface area contributed by atoms with E-state index in [1.165, 1.54) is 18.4 Å². The number of benzene rings is 1. The van der Waals surface area contributed by atoms with E-state index >= 15 is 0 Å². The Kier molecular flexibility index (Phi) is 3.20. The quantitative estimate of drug-likeness (QED) is 0.819. The van der Waals surface area contributed by atoms with Gasteiger partial charge in [0, 0.05) is 12.0 Å². The van der Waals surface area contributed by atoms with Crippen molar-refractivity contribution in [3.05, 3.63) is 29.8 Å². The van der Waals surface area contributed by atoms with Gasteiger partial charge in [0.05, 0.1) is 0 Å². The Bertz CT molecular complexity index is 354. The number of aromatic hydroxyl groups is 1. The summed E-state index contributed by atoms with van der Waals surface area (Å²) < 4.78 is 0. The first-order valence-electron chi connectivity index (χ1n) is 6.13. The van der Waals surface area contributed by atoms with Crippen molar-refractivity contribution in [3.63, 3.8) is 0 Å². The van der Waals surface area contributed by atoms with Gasteiger partial charge in [-0.2, -0.15) is 0 Å². The molecule has 1 aliphatic heterocycles. The number of phenolic OH excluding ortho intramolecular Hbond substituents is 1. The Labute approximate surface area is 97.7 Å². The molecule has 0 unspecified atom stereocenters. The van der Waals surface area contributed by atoms with Crippen molar-refractivity contribution in [3.8, 4) is 5.75 Å². The zero-order chi connectivity index (χ0) is 11.6. The summed E-state index contributed by atoms with van der Waals surface area (Å²) in [7, 11) is 0. The van der Waals surface area contributed by atoms with Crippen LogP contribution in [0.3, 0.4) is 0 Å². The molecule has 2 nitrogen and oxygen atoms in total. The largest absolute Gasteiger partial charge is 0.508 e. The monoisotopic (exact) mass is 219 g/mol. The fourth-order valence-corrected chi connectivity index (χ4v) is 2.90. The number of hydrogen-bond donors (Lipinski definition) is 2. The first-order valence-corrected chi connectivity index (χ1v) is 6.13. The lowest BCUT2D eigenvalue weighted by atomic mass is 9.74. The molecule has 1 aliphatic rings. The van der Waals surface area contributed by atoms with Gasteiger partial charge in [-0.25, -0.2) is 0 Å². The third-order valence-electron chi connectivity index (χ3n) is 3.50. The van der Waals surface area contributed by atoms with Gasteiger partial charge in [0.2, 0.25) is 0 Å². The first-order chi connectivity index (χ1) is 7.62. The van der Waals surface area contributed by atoms with Crippen LogP contribution < -0.4 is 5.32 Å². The first kappa shape index (κ1) is 11.5. The summed E-state index contributed by atoms with van der Waals surface area (Å²) in [6.07, 6.45) is 2.36. The summed E-state index contributed by atoms with van der Waals surface area (Å²) in [5.41, 5.74) is 1.51. The van der Waals surface area contributed by atoms with E-state index in [2.05, 4.69) is 25.2 Å². The Balaban J connectivity index is 2.31. The molecule has 1 heterocycles. The maximum atomic E-state index is 9.60. The van der Waals surface area contributed by atoms with Crippen LogP contribution in [0.15, 0.2) is 24.3 Å². The molecular weight excluding hydrogens is 198 g/mol. The molecule has 0 bridgehead atoms. The SMILES string of the molecule is CC(C)C[C@]1(c2cccc(O)c2)CCNC1. The van der Waals surface area contributed by atoms with E-state index in [-0.39, 0.29) is 5.41 Å². The molecule has 0 spiro atoms. The molecule has 0 radical (unpaired) electrons. The summed E-state index contributed by atoms with van der Waals surface area (Å²) in [4.78, 5) is 0. The van der Waals surface area contributed by atoms with Gasteiger partial charge < -0.3 is 10.4 Å². The van der Waals surface area contributed by atoms with Crippen LogP contribution in [0, 0.1) is 5.92 Å². The van der Waals surface area contributed by atoms with E-state index in [9.17, 15) is 5.11 Å². The number of rotatable bonds is 3. The minimum Gasteiger partial charge on any atom is -0.508 e. The number of nitrogens with one attached hydrogen (secondary N) is 1. The zero-order valence-electron chi connectivity index (χ0n) is 10.2. The average molecular weight is 219 g/mol. The van der Waals surface area contributed by atoms with Gasteiger partial charge in [-0.1, -0.05) is 26.0 Å². The summed E-state index contributed by atoms with van der Waals surface area (Å²) >= 11 is 0. The Hall–Kier alpha value is -1.02. The molecule has 16 heavy (non-hydrogen) atoms. The van der Waals surface area contributed by atoms with E-state index in [0.717, 1.165) is 13.1 Å². The molecule has 0 aromatic heterocycles. The molecule has 0 amide bonds. The van der Waals surface area contributed by atoms with Crippen LogP contribution >= 0.6 is 0 Å². The molecular formula is C14H21NO. The second-order valence-corrected chi connectivity index (χ2v) is 5.36. The van der Waals surface area contributed by atoms with Crippen molar-refractivity contribution < 1.29 is 5.11 Å². The number of hydrogen-bond acceptors (Lipinski definition) is 2. The molecule has 1 aromatic rings. The van der Waals surface area contributed by atoms with Crippen LogP contribution in [-0.4, -0.2) is 18.2 Å². The Morgan fingerprint density at radius 2 is 2.25 bits per heavy atom. The molecule has 1 aromatic carbocycles. The topological polar surface area (TPSA) is 32.3 Å². The molecule has 1 saturated heterocycles. The fraction of sp³-hybridized carbons (Fsp3) is 0.571. The highest BCUT2D eigenvalue weighted by atomic mass is 16.3. The zero-order valence-corrected chi connectivity index (χ0v) is 10.2. The van der Waals surface area contributed by atoms with Gasteiger partial charge in [0.15, 0.2) is 0 Å². The molecule has 2 N–H and O–H groups in total. The summed E-state index contributed by atoms with van der Waals surface area (Å²) in [5.74, 6) is 1.06. The van der Waals surface area contributed by atoms with E-state index in [0.29, 0.717) is 11.7 Å². The second-order valence-electron chi connectivity index (χ2n) is 5.36. The van der Waals surface area contributed by atoms with Gasteiger partial charge in [0.25, 0.3) is 0 Å². The van der Waals surface area contributed by atoms with Gasteiger partial charge >= 0.3 is 0 Å². The Morgan fingerprint density at radius 1 is 1.44 bits per heavy atom. The van der Waals surface area contributed by atoms with E-state index in [1.54, 1.807) is 6.07 Å². The van der Waals surface area contributed by atoms with Crippen LogP contribution in [0.5, 0.6) is 5.75 Å². The van der Waals surface area contributed by atoms with Crippen molar-refractivity contribution in [2.45, 2.75) is 32.1 Å². The normalized spacial score (nSPS) is 25.2. The van der Waals surface area contributed by atoms with Crippen LogP contribution in [0.25, 0.3) is 0 Å². The predicted molar refractivity (Wildman–Crippen MR) is 66.7 cm³/mol. The van der Waals surface area contributed by atoms with E-state index in [4.69, 9.17) is 0 Å². The molecule has 0 aliphatic carbocycles. The molecule has 1 atom stereocenters. The summed E-state index contributed by atoms with van der Waals surface area (Å²) in [6, 6.07) is 7.77. The van der Waals surface area contributed by atoms with Crippen LogP contribution in [0.4, 0.5) is 0 Å². The van der Waals surface area contributed by atoms with E-state index < -0.39 is 0 Å². The highest BCUT2D eigenvalue weighted by Crippen LogP contribution is 2.37. The minimum atomic E-state index is 0.229. The van der Waals surface area contributed by atoms with Crippen LogP contribution in [0.1, 0.15) is 32.3 Å². The maximum Gasteiger partial charge on any atom is 0.115 e. The lowest BCUT2D eigenvalue weighted by Gasteiger charge is -2.31. The van der Waals surface area contributed by atoms with Crippen molar-refractivity contribution in [2.75, 3.05) is 13.1 Å². The molecule has 2 rings (SSSR count). The maximum absolute atomic E-state index is 9.60. The smallest absolute Gasteiger partial charge is 0.115 e. The highest BCUT2D eigenvalue weighted by Gasteiger charge is 2.36. The van der Waals surface area contributed by atoms with Gasteiger partial charge in [0.1, 0.15) is 5.75 Å². The average Bonchev–Trinajstić information content (AvgIpc) is 2.66. The standard InChI is InChI=1S/C14H21NO/c1-11(2)9-14(6-7-15-10-14)12-4-3-5-13(16)8-12/h3-5,8,11,15-16H,6-7,9-10H2,1-2H3/t14-/m1/s1. The third kappa shape index (κ3) is 2.22. The lowest BCUT2D eigenvalue weighted by Crippen LogP contribution is -2.30. The van der Waals surface area contributed by atoms with Crippen molar-refractivity contribution in [1.82, 2.24) is 5.32 Å². The fourth-order valence-electron chi connectivity index (χ4n) is 2.90. The van der Waals surface area contributed by atoms with Gasteiger partial charge in [-0.05, 0) is 43.0 Å². The third-order valence-corrected chi connectivity index (χ3v) is 3.50. The summed E-state index contributed by atoms with van der Waals surface area (Å²) in [6.45, 7) is 6.66. The Morgan fingerprint density at radius 3 is 2.81 bits per heavy atom. The highest BCUT2D eigenvalue weighted by molar-refractivity contribution is 5.34. The van der Waals surface area contributed by atoms with Crippen LogP contribution in [0.2, 0.25) is 0 Å². The minimum absolute atomic E-state index is 0.229. The van der Waals surface area contributed by atoms with Crippen molar-refractivity contribution in [2.24, 2.45) is 5.92 Å². The van der Waals surface area contributed by atoms with E-state index in [1.807, 2.05) is 12.1 Å². The molecule has 2 heteroatoms. The molecule has 0 saturated carbocycles. The lowest BCUT2D eigenvalue weighted by molar-refractivity contribution is 0.365. The van der Waals surface area contributed by atoms with Crippen molar-refractivity contribution >= 4 is 0 Å².